The van der Waals surface area contributed by atoms with Gasteiger partial charge in [0.05, 0.1) is 5.71 Å². The van der Waals surface area contributed by atoms with Gasteiger partial charge in [-0.1, -0.05) is 47.5 Å². The molecule has 0 radical (unpaired) electrons. The van der Waals surface area contributed by atoms with Crippen molar-refractivity contribution in [1.82, 2.24) is 5.43 Å². The maximum absolute atomic E-state index is 12.0. The molecule has 1 amide bonds. The molecule has 1 N–H and O–H groups in total. The second-order valence-corrected chi connectivity index (χ2v) is 4.87. The highest BCUT2D eigenvalue weighted by Crippen LogP contribution is 2.06. The van der Waals surface area contributed by atoms with Crippen LogP contribution in [-0.2, 0) is 0 Å². The molecule has 3 nitrogen and oxygen atoms in total. The predicted molar refractivity (Wildman–Crippen MR) is 82.0 cm³/mol. The second-order valence-electron chi connectivity index (χ2n) is 4.87. The van der Waals surface area contributed by atoms with Crippen molar-refractivity contribution in [3.8, 4) is 0 Å². The van der Waals surface area contributed by atoms with Crippen molar-refractivity contribution in [2.24, 2.45) is 5.10 Å². The lowest BCUT2D eigenvalue weighted by atomic mass is 10.1. The van der Waals surface area contributed by atoms with E-state index in [0.29, 0.717) is 5.56 Å². The van der Waals surface area contributed by atoms with Gasteiger partial charge in [0.25, 0.3) is 5.91 Å². The van der Waals surface area contributed by atoms with Gasteiger partial charge in [0, 0.05) is 5.56 Å². The first-order valence-corrected chi connectivity index (χ1v) is 6.54. The predicted octanol–water partition coefficient (Wildman–Crippen LogP) is 3.46. The molecule has 0 spiro atoms. The number of carbonyl (C=O) groups is 1. The zero-order valence-corrected chi connectivity index (χ0v) is 12.0. The molecule has 2 aromatic rings. The summed E-state index contributed by atoms with van der Waals surface area (Å²) in [4.78, 5) is 12.0. The number of carbonyl (C=O) groups excluding carboxylic acids is 1. The lowest BCUT2D eigenvalue weighted by Gasteiger charge is -2.04. The highest BCUT2D eigenvalue weighted by Gasteiger charge is 2.04. The molecule has 0 unspecified atom stereocenters. The Morgan fingerprint density at radius 3 is 2.30 bits per heavy atom. The fourth-order valence-electron chi connectivity index (χ4n) is 1.84. The second kappa shape index (κ2) is 6.15. The van der Waals surface area contributed by atoms with Crippen LogP contribution in [0, 0.1) is 13.8 Å². The molecule has 0 fully saturated rings. The van der Waals surface area contributed by atoms with Crippen molar-refractivity contribution >= 4 is 11.6 Å². The summed E-state index contributed by atoms with van der Waals surface area (Å²) in [6, 6.07) is 15.5. The van der Waals surface area contributed by atoms with E-state index in [-0.39, 0.29) is 5.91 Å². The summed E-state index contributed by atoms with van der Waals surface area (Å²) in [6.07, 6.45) is 0. The van der Waals surface area contributed by atoms with Crippen LogP contribution in [0.15, 0.2) is 53.6 Å². The first kappa shape index (κ1) is 14.0. The maximum atomic E-state index is 12.0. The third-order valence-corrected chi connectivity index (χ3v) is 3.07. The number of aryl methyl sites for hydroxylation is 2. The van der Waals surface area contributed by atoms with Crippen LogP contribution >= 0.6 is 0 Å². The smallest absolute Gasteiger partial charge is 0.267 e. The van der Waals surface area contributed by atoms with Crippen molar-refractivity contribution in [3.63, 3.8) is 0 Å². The Bertz CT molecular complexity index is 642. The topological polar surface area (TPSA) is 41.5 Å². The van der Waals surface area contributed by atoms with Gasteiger partial charge in [-0.3, -0.25) is 4.79 Å². The first-order chi connectivity index (χ1) is 9.56. The van der Waals surface area contributed by atoms with E-state index in [1.807, 2.05) is 63.2 Å². The fraction of sp³-hybridized carbons (Fsp3) is 0.176. The van der Waals surface area contributed by atoms with Gasteiger partial charge in [-0.2, -0.15) is 5.10 Å². The molecule has 3 heteroatoms. The number of hydrogen-bond donors (Lipinski definition) is 1. The lowest BCUT2D eigenvalue weighted by molar-refractivity contribution is 0.0954. The molecule has 0 aliphatic heterocycles. The molecule has 0 saturated carbocycles. The molecular formula is C17H18N2O. The van der Waals surface area contributed by atoms with E-state index < -0.39 is 0 Å². The molecule has 2 aromatic carbocycles. The van der Waals surface area contributed by atoms with E-state index in [1.165, 1.54) is 5.56 Å². The molecule has 102 valence electrons. The van der Waals surface area contributed by atoms with Gasteiger partial charge in [-0.25, -0.2) is 5.43 Å². The van der Waals surface area contributed by atoms with Crippen LogP contribution in [0.2, 0.25) is 0 Å². The SMILES string of the molecule is C/C(=N/NC(=O)c1cccc(C)c1)c1ccc(C)cc1. The van der Waals surface area contributed by atoms with E-state index in [9.17, 15) is 4.79 Å². The average molecular weight is 266 g/mol. The minimum Gasteiger partial charge on any atom is -0.267 e. The summed E-state index contributed by atoms with van der Waals surface area (Å²) in [5.41, 5.74) is 7.24. The molecule has 0 atom stereocenters. The highest BCUT2D eigenvalue weighted by atomic mass is 16.2. The number of nitrogens with one attached hydrogen (secondary N) is 1. The maximum Gasteiger partial charge on any atom is 0.271 e. The van der Waals surface area contributed by atoms with Crippen LogP contribution in [0.4, 0.5) is 0 Å². The number of rotatable bonds is 3. The Kier molecular flexibility index (Phi) is 4.31. The largest absolute Gasteiger partial charge is 0.271 e. The van der Waals surface area contributed by atoms with Gasteiger partial charge in [0.15, 0.2) is 0 Å². The van der Waals surface area contributed by atoms with Gasteiger partial charge in [0.2, 0.25) is 0 Å². The Labute approximate surface area is 119 Å². The molecule has 20 heavy (non-hydrogen) atoms. The van der Waals surface area contributed by atoms with Gasteiger partial charge < -0.3 is 0 Å². The molecule has 0 saturated heterocycles. The Balaban J connectivity index is 2.08. The molecule has 0 aliphatic carbocycles. The van der Waals surface area contributed by atoms with Crippen molar-refractivity contribution in [1.29, 1.82) is 0 Å². The summed E-state index contributed by atoms with van der Waals surface area (Å²) in [5, 5.41) is 4.15. The molecular weight excluding hydrogens is 248 g/mol. The normalized spacial score (nSPS) is 11.2. The number of nitrogens with zero attached hydrogens (tertiary/aromatic N) is 1. The third kappa shape index (κ3) is 3.54. The van der Waals surface area contributed by atoms with Gasteiger partial charge >= 0.3 is 0 Å². The summed E-state index contributed by atoms with van der Waals surface area (Å²) in [7, 11) is 0. The Morgan fingerprint density at radius 2 is 1.65 bits per heavy atom. The lowest BCUT2D eigenvalue weighted by Crippen LogP contribution is -2.19. The fourth-order valence-corrected chi connectivity index (χ4v) is 1.84. The standard InChI is InChI=1S/C17H18N2O/c1-12-7-9-15(10-8-12)14(3)18-19-17(20)16-6-4-5-13(2)11-16/h4-11H,1-3H3,(H,19,20)/b18-14-. The number of hydrazone groups is 1. The molecule has 0 aromatic heterocycles. The van der Waals surface area contributed by atoms with Crippen LogP contribution in [0.5, 0.6) is 0 Å². The number of amides is 1. The summed E-state index contributed by atoms with van der Waals surface area (Å²) in [6.45, 7) is 5.87. The van der Waals surface area contributed by atoms with Gasteiger partial charge in [-0.15, -0.1) is 0 Å². The minimum absolute atomic E-state index is 0.194. The zero-order chi connectivity index (χ0) is 14.5. The van der Waals surface area contributed by atoms with Crippen LogP contribution in [0.3, 0.4) is 0 Å². The third-order valence-electron chi connectivity index (χ3n) is 3.07. The highest BCUT2D eigenvalue weighted by molar-refractivity contribution is 6.00. The van der Waals surface area contributed by atoms with Crippen LogP contribution in [0.1, 0.15) is 34.0 Å². The summed E-state index contributed by atoms with van der Waals surface area (Å²) >= 11 is 0. The van der Waals surface area contributed by atoms with E-state index in [4.69, 9.17) is 0 Å². The van der Waals surface area contributed by atoms with E-state index in [2.05, 4.69) is 10.5 Å². The van der Waals surface area contributed by atoms with Crippen LogP contribution in [0.25, 0.3) is 0 Å². The first-order valence-electron chi connectivity index (χ1n) is 6.54. The molecule has 0 heterocycles. The monoisotopic (exact) mass is 266 g/mol. The summed E-state index contributed by atoms with van der Waals surface area (Å²) in [5.74, 6) is -0.194. The van der Waals surface area contributed by atoms with Crippen molar-refractivity contribution in [2.45, 2.75) is 20.8 Å². The minimum atomic E-state index is -0.194. The molecule has 2 rings (SSSR count). The van der Waals surface area contributed by atoms with Gasteiger partial charge in [-0.05, 0) is 38.5 Å². The average Bonchev–Trinajstić information content (AvgIpc) is 2.45. The number of hydrogen-bond acceptors (Lipinski definition) is 2. The van der Waals surface area contributed by atoms with Crippen molar-refractivity contribution in [2.75, 3.05) is 0 Å². The van der Waals surface area contributed by atoms with Crippen molar-refractivity contribution < 1.29 is 4.79 Å². The van der Waals surface area contributed by atoms with Crippen LogP contribution in [-0.4, -0.2) is 11.6 Å². The van der Waals surface area contributed by atoms with E-state index in [0.717, 1.165) is 16.8 Å². The molecule has 0 bridgehead atoms. The van der Waals surface area contributed by atoms with Crippen molar-refractivity contribution in [3.05, 3.63) is 70.8 Å². The van der Waals surface area contributed by atoms with E-state index in [1.54, 1.807) is 6.07 Å². The van der Waals surface area contributed by atoms with Crippen LogP contribution < -0.4 is 5.43 Å². The Morgan fingerprint density at radius 1 is 0.950 bits per heavy atom. The quantitative estimate of drug-likeness (QED) is 0.671. The van der Waals surface area contributed by atoms with Gasteiger partial charge in [0.1, 0.15) is 0 Å². The zero-order valence-electron chi connectivity index (χ0n) is 12.0. The Hall–Kier alpha value is -2.42. The summed E-state index contributed by atoms with van der Waals surface area (Å²) < 4.78 is 0. The number of benzene rings is 2. The van der Waals surface area contributed by atoms with E-state index >= 15 is 0 Å². The molecule has 0 aliphatic rings.